The summed E-state index contributed by atoms with van der Waals surface area (Å²) in [5.74, 6) is -0.128. The van der Waals surface area contributed by atoms with E-state index in [9.17, 15) is 4.79 Å². The Bertz CT molecular complexity index is 629. The van der Waals surface area contributed by atoms with E-state index in [0.717, 1.165) is 12.0 Å². The quantitative estimate of drug-likeness (QED) is 0.727. The number of esters is 1. The fourth-order valence-corrected chi connectivity index (χ4v) is 2.55. The number of benzene rings is 2. The maximum atomic E-state index is 12.6. The third-order valence-corrected chi connectivity index (χ3v) is 4.32. The van der Waals surface area contributed by atoms with E-state index in [0.29, 0.717) is 5.56 Å². The van der Waals surface area contributed by atoms with Crippen LogP contribution in [0.5, 0.6) is 0 Å². The van der Waals surface area contributed by atoms with E-state index in [1.54, 1.807) is 0 Å². The minimum absolute atomic E-state index is 0.117. The van der Waals surface area contributed by atoms with Crippen molar-refractivity contribution >= 4 is 5.97 Å². The zero-order chi connectivity index (χ0) is 16.2. The van der Waals surface area contributed by atoms with Crippen LogP contribution in [-0.4, -0.2) is 11.6 Å². The van der Waals surface area contributed by atoms with Gasteiger partial charge in [0.25, 0.3) is 0 Å². The molecule has 116 valence electrons. The lowest BCUT2D eigenvalue weighted by Gasteiger charge is -2.32. The summed E-state index contributed by atoms with van der Waals surface area (Å²) in [5.41, 5.74) is 2.29. The SMILES string of the molecule is CCc1ccccc1C(=O)OC(C)(C)C(C)c1ccccc1. The molecule has 0 amide bonds. The van der Waals surface area contributed by atoms with Gasteiger partial charge in [0.05, 0.1) is 5.56 Å². The predicted octanol–water partition coefficient (Wildman–Crippen LogP) is 4.99. The molecule has 2 nitrogen and oxygen atoms in total. The first-order valence-corrected chi connectivity index (χ1v) is 7.82. The molecule has 0 heterocycles. The van der Waals surface area contributed by atoms with Gasteiger partial charge in [-0.15, -0.1) is 0 Å². The number of hydrogen-bond acceptors (Lipinski definition) is 2. The summed E-state index contributed by atoms with van der Waals surface area (Å²) in [7, 11) is 0. The Morgan fingerprint density at radius 3 is 2.27 bits per heavy atom. The van der Waals surface area contributed by atoms with E-state index >= 15 is 0 Å². The molecule has 0 radical (unpaired) electrons. The van der Waals surface area contributed by atoms with E-state index in [4.69, 9.17) is 4.74 Å². The fraction of sp³-hybridized carbons (Fsp3) is 0.350. The van der Waals surface area contributed by atoms with Crippen LogP contribution in [0.15, 0.2) is 54.6 Å². The van der Waals surface area contributed by atoms with Crippen LogP contribution in [0.4, 0.5) is 0 Å². The van der Waals surface area contributed by atoms with Gasteiger partial charge in [-0.2, -0.15) is 0 Å². The zero-order valence-corrected chi connectivity index (χ0v) is 13.8. The molecule has 0 saturated carbocycles. The molecule has 0 aliphatic rings. The van der Waals surface area contributed by atoms with Crippen LogP contribution < -0.4 is 0 Å². The molecule has 2 aromatic rings. The highest BCUT2D eigenvalue weighted by Gasteiger charge is 2.32. The zero-order valence-electron chi connectivity index (χ0n) is 13.8. The van der Waals surface area contributed by atoms with Crippen LogP contribution in [-0.2, 0) is 11.2 Å². The summed E-state index contributed by atoms with van der Waals surface area (Å²) >= 11 is 0. The molecule has 2 heteroatoms. The predicted molar refractivity (Wildman–Crippen MR) is 90.2 cm³/mol. The summed E-state index contributed by atoms with van der Waals surface area (Å²) in [6.45, 7) is 8.08. The van der Waals surface area contributed by atoms with Gasteiger partial charge in [0.1, 0.15) is 5.60 Å². The Kier molecular flexibility index (Phi) is 5.02. The van der Waals surface area contributed by atoms with Crippen molar-refractivity contribution < 1.29 is 9.53 Å². The van der Waals surface area contributed by atoms with Crippen LogP contribution in [0.3, 0.4) is 0 Å². The molecule has 1 atom stereocenters. The molecule has 0 spiro atoms. The summed E-state index contributed by atoms with van der Waals surface area (Å²) in [4.78, 5) is 12.6. The van der Waals surface area contributed by atoms with Crippen molar-refractivity contribution in [3.05, 3.63) is 71.3 Å². The lowest BCUT2D eigenvalue weighted by Crippen LogP contribution is -2.34. The molecule has 2 aromatic carbocycles. The smallest absolute Gasteiger partial charge is 0.338 e. The van der Waals surface area contributed by atoms with Gasteiger partial charge in [0.15, 0.2) is 0 Å². The van der Waals surface area contributed by atoms with E-state index in [1.165, 1.54) is 5.56 Å². The molecule has 0 N–H and O–H groups in total. The molecule has 0 fully saturated rings. The van der Waals surface area contributed by atoms with Crippen LogP contribution in [0.2, 0.25) is 0 Å². The van der Waals surface area contributed by atoms with Crippen molar-refractivity contribution in [2.24, 2.45) is 0 Å². The molecule has 0 aliphatic carbocycles. The first-order chi connectivity index (χ1) is 10.5. The Morgan fingerprint density at radius 1 is 1.05 bits per heavy atom. The Morgan fingerprint density at radius 2 is 1.64 bits per heavy atom. The molecule has 2 rings (SSSR count). The Labute approximate surface area is 133 Å². The van der Waals surface area contributed by atoms with Crippen molar-refractivity contribution in [3.63, 3.8) is 0 Å². The highest BCUT2D eigenvalue weighted by atomic mass is 16.6. The molecule has 0 saturated heterocycles. The van der Waals surface area contributed by atoms with Gasteiger partial charge in [-0.1, -0.05) is 62.4 Å². The minimum Gasteiger partial charge on any atom is -0.455 e. The average Bonchev–Trinajstić information content (AvgIpc) is 2.54. The third kappa shape index (κ3) is 3.56. The van der Waals surface area contributed by atoms with Gasteiger partial charge < -0.3 is 4.74 Å². The molecular formula is C20H24O2. The van der Waals surface area contributed by atoms with Crippen LogP contribution >= 0.6 is 0 Å². The standard InChI is InChI=1S/C20H24O2/c1-5-16-11-9-10-14-18(16)19(21)22-20(3,4)15(2)17-12-7-6-8-13-17/h6-15H,5H2,1-4H3. The molecule has 0 bridgehead atoms. The first-order valence-electron chi connectivity index (χ1n) is 7.82. The number of rotatable bonds is 5. The first kappa shape index (κ1) is 16.3. The van der Waals surface area contributed by atoms with Gasteiger partial charge in [0, 0.05) is 5.92 Å². The maximum absolute atomic E-state index is 12.6. The van der Waals surface area contributed by atoms with Crippen molar-refractivity contribution in [2.45, 2.75) is 45.6 Å². The number of ether oxygens (including phenoxy) is 1. The highest BCUT2D eigenvalue weighted by Crippen LogP contribution is 2.31. The number of carbonyl (C=O) groups is 1. The summed E-state index contributed by atoms with van der Waals surface area (Å²) in [6.07, 6.45) is 0.819. The highest BCUT2D eigenvalue weighted by molar-refractivity contribution is 5.91. The van der Waals surface area contributed by atoms with E-state index in [1.807, 2.05) is 63.2 Å². The lowest BCUT2D eigenvalue weighted by atomic mass is 9.86. The van der Waals surface area contributed by atoms with Crippen molar-refractivity contribution in [1.82, 2.24) is 0 Å². The van der Waals surface area contributed by atoms with Crippen molar-refractivity contribution in [1.29, 1.82) is 0 Å². The summed E-state index contributed by atoms with van der Waals surface area (Å²) in [6, 6.07) is 17.8. The molecule has 22 heavy (non-hydrogen) atoms. The summed E-state index contributed by atoms with van der Waals surface area (Å²) < 4.78 is 5.84. The second-order valence-corrected chi connectivity index (χ2v) is 6.14. The average molecular weight is 296 g/mol. The van der Waals surface area contributed by atoms with Gasteiger partial charge in [-0.3, -0.25) is 0 Å². The summed E-state index contributed by atoms with van der Waals surface area (Å²) in [5, 5.41) is 0. The topological polar surface area (TPSA) is 26.3 Å². The van der Waals surface area contributed by atoms with Gasteiger partial charge in [-0.25, -0.2) is 4.79 Å². The number of aryl methyl sites for hydroxylation is 1. The lowest BCUT2D eigenvalue weighted by molar-refractivity contribution is -0.0112. The monoisotopic (exact) mass is 296 g/mol. The van der Waals surface area contributed by atoms with Crippen molar-refractivity contribution in [2.75, 3.05) is 0 Å². The third-order valence-electron chi connectivity index (χ3n) is 4.32. The van der Waals surface area contributed by atoms with Gasteiger partial charge >= 0.3 is 5.97 Å². The Hall–Kier alpha value is -2.09. The largest absolute Gasteiger partial charge is 0.455 e. The van der Waals surface area contributed by atoms with Crippen LogP contribution in [0, 0.1) is 0 Å². The van der Waals surface area contributed by atoms with E-state index < -0.39 is 5.60 Å². The molecule has 1 unspecified atom stereocenters. The van der Waals surface area contributed by atoms with E-state index in [-0.39, 0.29) is 11.9 Å². The Balaban J connectivity index is 2.19. The normalized spacial score (nSPS) is 12.7. The van der Waals surface area contributed by atoms with Crippen LogP contribution in [0.1, 0.15) is 55.1 Å². The van der Waals surface area contributed by atoms with Crippen molar-refractivity contribution in [3.8, 4) is 0 Å². The number of hydrogen-bond donors (Lipinski definition) is 0. The van der Waals surface area contributed by atoms with Crippen LogP contribution in [0.25, 0.3) is 0 Å². The minimum atomic E-state index is -0.570. The second kappa shape index (κ2) is 6.78. The molecule has 0 aromatic heterocycles. The second-order valence-electron chi connectivity index (χ2n) is 6.14. The number of carbonyl (C=O) groups excluding carboxylic acids is 1. The maximum Gasteiger partial charge on any atom is 0.338 e. The molecular weight excluding hydrogens is 272 g/mol. The van der Waals surface area contributed by atoms with E-state index in [2.05, 4.69) is 19.1 Å². The fourth-order valence-electron chi connectivity index (χ4n) is 2.55. The van der Waals surface area contributed by atoms with Gasteiger partial charge in [-0.05, 0) is 37.5 Å². The van der Waals surface area contributed by atoms with Gasteiger partial charge in [0.2, 0.25) is 0 Å². The molecule has 0 aliphatic heterocycles.